The van der Waals surface area contributed by atoms with Crippen LogP contribution in [-0.4, -0.2) is 40.0 Å². The number of hydrogen-bond donors (Lipinski definition) is 3. The van der Waals surface area contributed by atoms with Crippen LogP contribution in [0.15, 0.2) is 18.3 Å². The predicted molar refractivity (Wildman–Crippen MR) is 120 cm³/mol. The van der Waals surface area contributed by atoms with Crippen molar-refractivity contribution in [3.63, 3.8) is 0 Å². The van der Waals surface area contributed by atoms with Crippen molar-refractivity contribution in [2.75, 3.05) is 23.3 Å². The van der Waals surface area contributed by atoms with Gasteiger partial charge < -0.3 is 21.7 Å². The summed E-state index contributed by atoms with van der Waals surface area (Å²) in [6, 6.07) is 4.07. The largest absolute Gasteiger partial charge is 0.365 e. The van der Waals surface area contributed by atoms with E-state index in [2.05, 4.69) is 47.9 Å². The highest BCUT2D eigenvalue weighted by Crippen LogP contribution is 2.27. The third-order valence-corrected chi connectivity index (χ3v) is 5.34. The van der Waals surface area contributed by atoms with E-state index in [0.29, 0.717) is 18.3 Å². The molecule has 8 nitrogen and oxygen atoms in total. The summed E-state index contributed by atoms with van der Waals surface area (Å²) in [5.41, 5.74) is 14.8. The monoisotopic (exact) mass is 411 g/mol. The van der Waals surface area contributed by atoms with Gasteiger partial charge in [-0.15, -0.1) is 0 Å². The van der Waals surface area contributed by atoms with Gasteiger partial charge in [0.05, 0.1) is 0 Å². The number of nitrogens with zero attached hydrogens (tertiary/aromatic N) is 4. The van der Waals surface area contributed by atoms with Crippen LogP contribution in [0.4, 0.5) is 17.5 Å². The van der Waals surface area contributed by atoms with Crippen molar-refractivity contribution < 1.29 is 4.79 Å². The lowest BCUT2D eigenvalue weighted by molar-refractivity contribution is 0.100. The maximum absolute atomic E-state index is 12.0. The van der Waals surface area contributed by atoms with Gasteiger partial charge in [-0.3, -0.25) is 9.78 Å². The van der Waals surface area contributed by atoms with Crippen LogP contribution < -0.4 is 21.7 Å². The molecular weight excluding hydrogens is 378 g/mol. The normalized spacial score (nSPS) is 17.3. The van der Waals surface area contributed by atoms with Crippen molar-refractivity contribution in [2.24, 2.45) is 11.5 Å². The lowest BCUT2D eigenvalue weighted by atomic mass is 10.0. The summed E-state index contributed by atoms with van der Waals surface area (Å²) < 4.78 is 0. The Morgan fingerprint density at radius 2 is 1.80 bits per heavy atom. The van der Waals surface area contributed by atoms with Crippen molar-refractivity contribution in [3.8, 4) is 0 Å². The Morgan fingerprint density at radius 1 is 1.13 bits per heavy atom. The zero-order chi connectivity index (χ0) is 21.8. The molecule has 8 heteroatoms. The van der Waals surface area contributed by atoms with E-state index in [9.17, 15) is 4.79 Å². The zero-order valence-corrected chi connectivity index (χ0v) is 18.4. The Labute approximate surface area is 178 Å². The Bertz CT molecular complexity index is 871. The van der Waals surface area contributed by atoms with Crippen LogP contribution in [0, 0.1) is 0 Å². The SMILES string of the molecule is CC(C)c1cc(Nc2nc(N3CCCC[C@@H](N)C3)ncc2C(N)=O)cc(C(C)C)n1. The van der Waals surface area contributed by atoms with Gasteiger partial charge in [0.2, 0.25) is 5.95 Å². The summed E-state index contributed by atoms with van der Waals surface area (Å²) >= 11 is 0. The summed E-state index contributed by atoms with van der Waals surface area (Å²) in [5, 5.41) is 3.30. The maximum atomic E-state index is 12.0. The van der Waals surface area contributed by atoms with Gasteiger partial charge in [-0.25, -0.2) is 4.98 Å². The molecule has 0 spiro atoms. The fourth-order valence-electron chi connectivity index (χ4n) is 3.53. The van der Waals surface area contributed by atoms with Gasteiger partial charge in [-0.1, -0.05) is 34.1 Å². The average molecular weight is 412 g/mol. The van der Waals surface area contributed by atoms with Gasteiger partial charge in [0.25, 0.3) is 5.91 Å². The molecule has 3 heterocycles. The Kier molecular flexibility index (Phi) is 6.87. The number of primary amides is 1. The van der Waals surface area contributed by atoms with Crippen molar-refractivity contribution >= 4 is 23.4 Å². The van der Waals surface area contributed by atoms with Crippen molar-refractivity contribution in [1.82, 2.24) is 15.0 Å². The Morgan fingerprint density at radius 3 is 2.40 bits per heavy atom. The number of pyridine rings is 1. The second-order valence-electron chi connectivity index (χ2n) is 8.64. The van der Waals surface area contributed by atoms with Crippen LogP contribution in [-0.2, 0) is 0 Å². The van der Waals surface area contributed by atoms with Crippen molar-refractivity contribution in [2.45, 2.75) is 64.8 Å². The van der Waals surface area contributed by atoms with Gasteiger partial charge >= 0.3 is 0 Å². The molecule has 1 aliphatic rings. The molecule has 1 saturated heterocycles. The molecule has 0 saturated carbocycles. The fraction of sp³-hybridized carbons (Fsp3) is 0.545. The van der Waals surface area contributed by atoms with Gasteiger partial charge in [0.15, 0.2) is 0 Å². The number of nitrogens with one attached hydrogen (secondary N) is 1. The number of rotatable bonds is 6. The van der Waals surface area contributed by atoms with Gasteiger partial charge in [0.1, 0.15) is 11.4 Å². The average Bonchev–Trinajstić information content (AvgIpc) is 2.91. The first kappa shape index (κ1) is 22.0. The van der Waals surface area contributed by atoms with E-state index in [1.165, 1.54) is 6.20 Å². The summed E-state index contributed by atoms with van der Waals surface area (Å²) in [5.74, 6) is 0.945. The zero-order valence-electron chi connectivity index (χ0n) is 18.4. The van der Waals surface area contributed by atoms with Crippen LogP contribution in [0.1, 0.15) is 80.5 Å². The molecule has 0 aromatic carbocycles. The van der Waals surface area contributed by atoms with E-state index in [0.717, 1.165) is 42.9 Å². The first-order valence-electron chi connectivity index (χ1n) is 10.7. The van der Waals surface area contributed by atoms with Gasteiger partial charge in [-0.05, 0) is 36.8 Å². The van der Waals surface area contributed by atoms with E-state index < -0.39 is 5.91 Å². The quantitative estimate of drug-likeness (QED) is 0.666. The molecule has 5 N–H and O–H groups in total. The van der Waals surface area contributed by atoms with Crippen LogP contribution in [0.2, 0.25) is 0 Å². The minimum absolute atomic E-state index is 0.0886. The van der Waals surface area contributed by atoms with Crippen LogP contribution in [0.5, 0.6) is 0 Å². The molecule has 0 bridgehead atoms. The van der Waals surface area contributed by atoms with Crippen LogP contribution >= 0.6 is 0 Å². The number of aromatic nitrogens is 3. The lowest BCUT2D eigenvalue weighted by Crippen LogP contribution is -2.37. The summed E-state index contributed by atoms with van der Waals surface area (Å²) in [4.78, 5) is 27.9. The van der Waals surface area contributed by atoms with Crippen molar-refractivity contribution in [1.29, 1.82) is 0 Å². The predicted octanol–water partition coefficient (Wildman–Crippen LogP) is 3.28. The Balaban J connectivity index is 1.99. The summed E-state index contributed by atoms with van der Waals surface area (Å²) in [6.45, 7) is 9.96. The minimum atomic E-state index is -0.571. The molecule has 0 unspecified atom stereocenters. The second-order valence-corrected chi connectivity index (χ2v) is 8.64. The molecule has 1 atom stereocenters. The van der Waals surface area contributed by atoms with Crippen LogP contribution in [0.3, 0.4) is 0 Å². The first-order chi connectivity index (χ1) is 14.2. The molecule has 1 amide bonds. The third-order valence-electron chi connectivity index (χ3n) is 5.34. The lowest BCUT2D eigenvalue weighted by Gasteiger charge is -2.23. The molecule has 162 valence electrons. The maximum Gasteiger partial charge on any atom is 0.254 e. The van der Waals surface area contributed by atoms with E-state index >= 15 is 0 Å². The van der Waals surface area contributed by atoms with Crippen LogP contribution in [0.25, 0.3) is 0 Å². The highest BCUT2D eigenvalue weighted by atomic mass is 16.1. The first-order valence-corrected chi connectivity index (χ1v) is 10.7. The van der Waals surface area contributed by atoms with E-state index in [1.54, 1.807) is 0 Å². The van der Waals surface area contributed by atoms with E-state index in [4.69, 9.17) is 16.5 Å². The smallest absolute Gasteiger partial charge is 0.254 e. The molecular formula is C22H33N7O. The number of amides is 1. The van der Waals surface area contributed by atoms with Crippen molar-refractivity contribution in [3.05, 3.63) is 35.3 Å². The number of carbonyl (C=O) groups is 1. The molecule has 0 aliphatic carbocycles. The minimum Gasteiger partial charge on any atom is -0.365 e. The molecule has 2 aromatic rings. The number of nitrogens with two attached hydrogens (primary N) is 2. The molecule has 1 fully saturated rings. The topological polar surface area (TPSA) is 123 Å². The fourth-order valence-corrected chi connectivity index (χ4v) is 3.53. The van der Waals surface area contributed by atoms with E-state index in [1.807, 2.05) is 12.1 Å². The summed E-state index contributed by atoms with van der Waals surface area (Å²) in [7, 11) is 0. The number of anilines is 3. The highest BCUT2D eigenvalue weighted by Gasteiger charge is 2.20. The third kappa shape index (κ3) is 5.24. The molecule has 1 aliphatic heterocycles. The molecule has 2 aromatic heterocycles. The standard InChI is InChI=1S/C22H33N7O/c1-13(2)18-9-16(10-19(27-18)14(3)4)26-21-17(20(24)30)11-25-22(28-21)29-8-6-5-7-15(23)12-29/h9-11,13-15H,5-8,12,23H2,1-4H3,(H2,24,30)(H,25,26,27,28)/t15-/m1/s1. The van der Waals surface area contributed by atoms with Gasteiger partial charge in [0, 0.05) is 42.4 Å². The second kappa shape index (κ2) is 9.38. The summed E-state index contributed by atoms with van der Waals surface area (Å²) in [6.07, 6.45) is 4.62. The Hall–Kier alpha value is -2.74. The molecule has 30 heavy (non-hydrogen) atoms. The number of carbonyl (C=O) groups excluding carboxylic acids is 1. The molecule has 3 rings (SSSR count). The van der Waals surface area contributed by atoms with Gasteiger partial charge in [-0.2, -0.15) is 4.98 Å². The molecule has 0 radical (unpaired) electrons. The van der Waals surface area contributed by atoms with E-state index in [-0.39, 0.29) is 23.4 Å². The highest BCUT2D eigenvalue weighted by molar-refractivity contribution is 5.98. The number of hydrogen-bond acceptors (Lipinski definition) is 7.